The molecule has 0 fully saturated rings. The molecule has 2 heterocycles. The van der Waals surface area contributed by atoms with Crippen LogP contribution in [0.4, 0.5) is 20.2 Å². The Morgan fingerprint density at radius 1 is 0.710 bits per heavy atom. The Hall–Kier alpha value is -3.31. The molecule has 1 aliphatic carbocycles. The van der Waals surface area contributed by atoms with Gasteiger partial charge in [0.05, 0.1) is 37.2 Å². The predicted octanol–water partition coefficient (Wildman–Crippen LogP) is 8.75. The molecule has 1 atom stereocenters. The Kier molecular flexibility index (Phi) is 25.2. The van der Waals surface area contributed by atoms with Crippen LogP contribution >= 0.6 is 0 Å². The van der Waals surface area contributed by atoms with Crippen LogP contribution in [-0.4, -0.2) is 42.5 Å². The zero-order valence-corrected chi connectivity index (χ0v) is 46.9. The standard InChI is InChI=1S/C20H18NO.C19H14NO2.C11H13F2O2.3U/c1-2-3-12-20(22)21-15-18-10-5-4-8-16(18)13-14-17-9-6-7-11-19(17)21;21-13-5-10-19(22)20-14-17-8-2-1-6-15(17)11-12-16-7-3-4-9-18(16)20;1-9(14)8-15-10-4-2-3-6-11(12,13)7-5-10;;;/h4-11H,1-3,12,15H2;1-4,6-9H,5,10,14H2;10H,1-2,4-5,7-8H2;;;/q3*-1;;;. The van der Waals surface area contributed by atoms with E-state index >= 15 is 0 Å². The Labute approximate surface area is 435 Å². The molecule has 2 aliphatic heterocycles. The number of unbranched alkanes of at least 4 members (excludes halogenated alkanes) is 1. The van der Waals surface area contributed by atoms with Crippen molar-refractivity contribution in [2.45, 2.75) is 82.9 Å². The van der Waals surface area contributed by atoms with Gasteiger partial charge < -0.3 is 38.0 Å². The van der Waals surface area contributed by atoms with Crippen molar-refractivity contribution in [1.82, 2.24) is 0 Å². The van der Waals surface area contributed by atoms with E-state index in [-0.39, 0.29) is 149 Å². The molecule has 1 unspecified atom stereocenters. The van der Waals surface area contributed by atoms with E-state index in [4.69, 9.17) is 4.74 Å². The van der Waals surface area contributed by atoms with Crippen LogP contribution in [0.5, 0.6) is 0 Å². The number of carbonyl (C=O) groups is 3. The van der Waals surface area contributed by atoms with Crippen molar-refractivity contribution in [3.8, 4) is 35.5 Å². The SMILES string of the molecule is O=[C-]CCC(=O)N1Cc2ccccc2C#Cc2ccccc21.[CH2-]C(=O)COC1CCC#CC(F)(F)CC1.[CH2-]CCCC(=O)N1Cc2ccccc2C#Cc2ccccc21.[U].[U].[U]. The number of ketones is 1. The number of carbonyl (C=O) groups excluding carboxylic acids is 4. The third-order valence-corrected chi connectivity index (χ3v) is 9.55. The molecule has 0 radical (unpaired) electrons. The number of fused-ring (bicyclic) bond motifs is 4. The summed E-state index contributed by atoms with van der Waals surface area (Å²) in [7, 11) is 0. The average Bonchev–Trinajstić information content (AvgIpc) is 3.22. The maximum absolute atomic E-state index is 12.9. The van der Waals surface area contributed by atoms with Crippen LogP contribution in [-0.2, 0) is 37.0 Å². The number of rotatable bonds is 9. The van der Waals surface area contributed by atoms with Crippen LogP contribution < -0.4 is 9.80 Å². The molecule has 314 valence electrons. The number of hydrogen-bond acceptors (Lipinski definition) is 5. The van der Waals surface area contributed by atoms with E-state index in [2.05, 4.69) is 43.4 Å². The van der Waals surface area contributed by atoms with Gasteiger partial charge in [-0.3, -0.25) is 15.9 Å². The molecule has 0 saturated carbocycles. The first-order chi connectivity index (χ1) is 28.6. The number of Topliss-reactive ketones (excluding diaryl/α,β-unsaturated/α-hetero) is 1. The molecular formula is C50H45F2N2O5U3-3. The van der Waals surface area contributed by atoms with Crippen LogP contribution in [0.1, 0.15) is 91.2 Å². The monoisotopic (exact) mass is 1510 g/mol. The molecule has 4 aromatic rings. The predicted molar refractivity (Wildman–Crippen MR) is 226 cm³/mol. The normalized spacial score (nSPS) is 14.6. The summed E-state index contributed by atoms with van der Waals surface area (Å²) in [6.07, 6.45) is 4.75. The Balaban J connectivity index is 0.000000319. The fraction of sp³-hybridized carbons (Fsp3) is 0.280. The summed E-state index contributed by atoms with van der Waals surface area (Å²) in [6.45, 7) is 7.89. The molecule has 7 rings (SSSR count). The number of nitrogens with zero attached hydrogens (tertiary/aromatic N) is 2. The summed E-state index contributed by atoms with van der Waals surface area (Å²) in [6, 6.07) is 31.3. The number of amides is 2. The topological polar surface area (TPSA) is 84.0 Å². The number of para-hydroxylation sites is 2. The molecule has 0 spiro atoms. The number of ether oxygens (including phenoxy) is 1. The number of alkyl halides is 2. The summed E-state index contributed by atoms with van der Waals surface area (Å²) in [5.74, 6) is 13.9. The minimum Gasteiger partial charge on any atom is -0.542 e. The molecule has 62 heavy (non-hydrogen) atoms. The van der Waals surface area contributed by atoms with E-state index in [1.165, 1.54) is 0 Å². The van der Waals surface area contributed by atoms with E-state index in [0.29, 0.717) is 32.4 Å². The van der Waals surface area contributed by atoms with Crippen molar-refractivity contribution < 1.29 is 126 Å². The molecule has 0 bridgehead atoms. The summed E-state index contributed by atoms with van der Waals surface area (Å²) in [4.78, 5) is 49.7. The molecule has 0 saturated heterocycles. The third kappa shape index (κ3) is 17.0. The van der Waals surface area contributed by atoms with Gasteiger partial charge in [0.2, 0.25) is 11.8 Å². The smallest absolute Gasteiger partial charge is 0.308 e. The number of hydrogen-bond donors (Lipinski definition) is 0. The van der Waals surface area contributed by atoms with Gasteiger partial charge >= 0.3 is 5.92 Å². The first kappa shape index (κ1) is 54.8. The van der Waals surface area contributed by atoms with Crippen molar-refractivity contribution in [1.29, 1.82) is 0 Å². The Morgan fingerprint density at radius 2 is 1.18 bits per heavy atom. The van der Waals surface area contributed by atoms with Crippen molar-refractivity contribution in [3.05, 3.63) is 144 Å². The molecule has 12 heteroatoms. The van der Waals surface area contributed by atoms with Gasteiger partial charge in [-0.05, 0) is 66.3 Å². The quantitative estimate of drug-likeness (QED) is 0.124. The zero-order chi connectivity index (χ0) is 42.0. The van der Waals surface area contributed by atoms with Gasteiger partial charge in [-0.2, -0.15) is 15.2 Å². The first-order valence-corrected chi connectivity index (χ1v) is 19.6. The van der Waals surface area contributed by atoms with Crippen molar-refractivity contribution in [2.24, 2.45) is 0 Å². The number of benzene rings is 4. The van der Waals surface area contributed by atoms with E-state index in [1.54, 1.807) is 11.2 Å². The van der Waals surface area contributed by atoms with Crippen molar-refractivity contribution in [3.63, 3.8) is 0 Å². The Bertz CT molecular complexity index is 2340. The van der Waals surface area contributed by atoms with Crippen LogP contribution in [0, 0.1) is 143 Å². The second kappa shape index (κ2) is 28.5. The summed E-state index contributed by atoms with van der Waals surface area (Å²) in [5, 5.41) is 0. The summed E-state index contributed by atoms with van der Waals surface area (Å²) < 4.78 is 31.0. The molecule has 0 aromatic heterocycles. The largest absolute Gasteiger partial charge is 0.542 e. The van der Waals surface area contributed by atoms with Crippen LogP contribution in [0.25, 0.3) is 0 Å². The average molecular weight is 1510 g/mol. The van der Waals surface area contributed by atoms with Crippen LogP contribution in [0.15, 0.2) is 97.1 Å². The second-order valence-corrected chi connectivity index (χ2v) is 14.0. The van der Waals surface area contributed by atoms with Gasteiger partial charge in [0.15, 0.2) is 0 Å². The Morgan fingerprint density at radius 3 is 1.68 bits per heavy atom. The third-order valence-electron chi connectivity index (χ3n) is 9.55. The molecule has 7 nitrogen and oxygen atoms in total. The van der Waals surface area contributed by atoms with Gasteiger partial charge in [0.1, 0.15) is 0 Å². The van der Waals surface area contributed by atoms with Crippen LogP contribution in [0.3, 0.4) is 0 Å². The van der Waals surface area contributed by atoms with Crippen molar-refractivity contribution >= 4 is 35.3 Å². The van der Waals surface area contributed by atoms with Gasteiger partial charge in [-0.25, -0.2) is 0 Å². The van der Waals surface area contributed by atoms with E-state index < -0.39 is 5.92 Å². The van der Waals surface area contributed by atoms with E-state index in [0.717, 1.165) is 57.6 Å². The van der Waals surface area contributed by atoms with Gasteiger partial charge in [-0.15, -0.1) is 6.42 Å². The summed E-state index contributed by atoms with van der Waals surface area (Å²) >= 11 is 0. The number of anilines is 2. The van der Waals surface area contributed by atoms with E-state index in [9.17, 15) is 28.0 Å². The maximum atomic E-state index is 12.9. The van der Waals surface area contributed by atoms with Gasteiger partial charge in [0, 0.05) is 147 Å². The molecule has 2 amide bonds. The fourth-order valence-corrected chi connectivity index (χ4v) is 6.47. The number of halogens is 2. The van der Waals surface area contributed by atoms with Gasteiger partial charge in [-0.1, -0.05) is 96.7 Å². The minimum absolute atomic E-state index is 0. The minimum atomic E-state index is -2.92. The van der Waals surface area contributed by atoms with Gasteiger partial charge in [0.25, 0.3) is 0 Å². The molecule has 4 aromatic carbocycles. The van der Waals surface area contributed by atoms with Crippen LogP contribution in [0.2, 0.25) is 0 Å². The molecule has 3 aliphatic rings. The fourth-order valence-electron chi connectivity index (χ4n) is 6.47. The first-order valence-electron chi connectivity index (χ1n) is 19.6. The molecular weight excluding hydrogens is 1460 g/mol. The maximum Gasteiger partial charge on any atom is 0.308 e. The second-order valence-electron chi connectivity index (χ2n) is 14.0. The summed E-state index contributed by atoms with van der Waals surface area (Å²) in [5.41, 5.74) is 7.43. The van der Waals surface area contributed by atoms with E-state index in [1.807, 2.05) is 108 Å². The molecule has 0 N–H and O–H groups in total. The zero-order valence-electron chi connectivity index (χ0n) is 34.4. The van der Waals surface area contributed by atoms with Crippen molar-refractivity contribution in [2.75, 3.05) is 16.4 Å².